The molecule has 3 aromatic rings. The quantitative estimate of drug-likeness (QED) is 0.667. The normalized spacial score (nSPS) is 11.1. The summed E-state index contributed by atoms with van der Waals surface area (Å²) in [4.78, 5) is 8.53. The predicted molar refractivity (Wildman–Crippen MR) is 73.7 cm³/mol. The second-order valence-electron chi connectivity index (χ2n) is 4.37. The summed E-state index contributed by atoms with van der Waals surface area (Å²) in [7, 11) is 1.98. The van der Waals surface area contributed by atoms with Crippen molar-refractivity contribution < 1.29 is 0 Å². The summed E-state index contributed by atoms with van der Waals surface area (Å²) in [6.45, 7) is 2.00. The Morgan fingerprint density at radius 1 is 1.28 bits per heavy atom. The largest absolute Gasteiger partial charge is 0.334 e. The van der Waals surface area contributed by atoms with Gasteiger partial charge in [0.05, 0.1) is 23.7 Å². The highest BCUT2D eigenvalue weighted by molar-refractivity contribution is 6.32. The number of nitrogens with zero attached hydrogens (tertiary/aromatic N) is 3. The van der Waals surface area contributed by atoms with E-state index in [4.69, 9.17) is 11.6 Å². The van der Waals surface area contributed by atoms with Crippen LogP contribution >= 0.6 is 11.6 Å². The summed E-state index contributed by atoms with van der Waals surface area (Å²) in [6, 6.07) is 5.99. The van der Waals surface area contributed by atoms with Gasteiger partial charge in [0.1, 0.15) is 0 Å². The SMILES string of the molecule is Cc1cc2c(-c3cncn3C)ccnc2cc1Cl. The van der Waals surface area contributed by atoms with Crippen molar-refractivity contribution in [3.63, 3.8) is 0 Å². The topological polar surface area (TPSA) is 30.7 Å². The Labute approximate surface area is 110 Å². The van der Waals surface area contributed by atoms with Gasteiger partial charge in [0.15, 0.2) is 0 Å². The average molecular weight is 258 g/mol. The van der Waals surface area contributed by atoms with Crippen molar-refractivity contribution in [2.75, 3.05) is 0 Å². The summed E-state index contributed by atoms with van der Waals surface area (Å²) >= 11 is 6.14. The van der Waals surface area contributed by atoms with E-state index in [9.17, 15) is 0 Å². The molecule has 0 bridgehead atoms. The number of benzene rings is 1. The zero-order valence-electron chi connectivity index (χ0n) is 10.2. The minimum atomic E-state index is 0.747. The Bertz CT molecular complexity index is 731. The molecule has 4 heteroatoms. The first-order valence-corrected chi connectivity index (χ1v) is 6.06. The Kier molecular flexibility index (Phi) is 2.56. The van der Waals surface area contributed by atoms with E-state index in [1.54, 1.807) is 12.5 Å². The second-order valence-corrected chi connectivity index (χ2v) is 4.77. The maximum absolute atomic E-state index is 6.14. The molecule has 0 saturated heterocycles. The highest BCUT2D eigenvalue weighted by Gasteiger charge is 2.09. The molecular weight excluding hydrogens is 246 g/mol. The van der Waals surface area contributed by atoms with Crippen LogP contribution in [0.5, 0.6) is 0 Å². The first-order chi connectivity index (χ1) is 8.66. The van der Waals surface area contributed by atoms with Gasteiger partial charge in [-0.05, 0) is 30.7 Å². The Hall–Kier alpha value is -1.87. The van der Waals surface area contributed by atoms with Crippen LogP contribution in [0.25, 0.3) is 22.2 Å². The molecule has 1 aromatic carbocycles. The Morgan fingerprint density at radius 3 is 2.83 bits per heavy atom. The number of hydrogen-bond acceptors (Lipinski definition) is 2. The molecule has 0 saturated carbocycles. The molecular formula is C14H12ClN3. The number of fused-ring (bicyclic) bond motifs is 1. The third kappa shape index (κ3) is 1.68. The van der Waals surface area contributed by atoms with Crippen LogP contribution in [0.15, 0.2) is 36.9 Å². The lowest BCUT2D eigenvalue weighted by Crippen LogP contribution is -1.92. The van der Waals surface area contributed by atoms with Crippen LogP contribution in [-0.2, 0) is 7.05 Å². The van der Waals surface area contributed by atoms with Gasteiger partial charge >= 0.3 is 0 Å². The smallest absolute Gasteiger partial charge is 0.0948 e. The summed E-state index contributed by atoms with van der Waals surface area (Å²) in [6.07, 6.45) is 5.46. The fourth-order valence-corrected chi connectivity index (χ4v) is 2.27. The van der Waals surface area contributed by atoms with E-state index in [-0.39, 0.29) is 0 Å². The third-order valence-electron chi connectivity index (χ3n) is 3.11. The lowest BCUT2D eigenvalue weighted by atomic mass is 10.0. The number of rotatable bonds is 1. The molecule has 90 valence electrons. The molecule has 0 atom stereocenters. The molecule has 0 radical (unpaired) electrons. The fourth-order valence-electron chi connectivity index (χ4n) is 2.12. The molecule has 0 aliphatic heterocycles. The van der Waals surface area contributed by atoms with Gasteiger partial charge in [-0.15, -0.1) is 0 Å². The van der Waals surface area contributed by atoms with Crippen molar-refractivity contribution in [2.45, 2.75) is 6.92 Å². The molecule has 0 spiro atoms. The lowest BCUT2D eigenvalue weighted by molar-refractivity contribution is 0.922. The van der Waals surface area contributed by atoms with E-state index in [0.29, 0.717) is 0 Å². The van der Waals surface area contributed by atoms with Crippen molar-refractivity contribution in [1.82, 2.24) is 14.5 Å². The molecule has 2 aromatic heterocycles. The second kappa shape index (κ2) is 4.10. The monoisotopic (exact) mass is 257 g/mol. The molecule has 0 aliphatic carbocycles. The summed E-state index contributed by atoms with van der Waals surface area (Å²) < 4.78 is 2.00. The highest BCUT2D eigenvalue weighted by Crippen LogP contribution is 2.30. The summed E-state index contributed by atoms with van der Waals surface area (Å²) in [5.41, 5.74) is 4.16. The standard InChI is InChI=1S/C14H12ClN3/c1-9-5-11-10(14-7-16-8-18(14)2)3-4-17-13(11)6-12(9)15/h3-8H,1-2H3. The van der Waals surface area contributed by atoms with Crippen molar-refractivity contribution in [1.29, 1.82) is 0 Å². The number of halogens is 1. The molecule has 0 unspecified atom stereocenters. The van der Waals surface area contributed by atoms with Crippen molar-refractivity contribution >= 4 is 22.5 Å². The first-order valence-electron chi connectivity index (χ1n) is 5.68. The molecule has 3 rings (SSSR count). The van der Waals surface area contributed by atoms with Crippen LogP contribution in [0.4, 0.5) is 0 Å². The first kappa shape index (κ1) is 11.2. The average Bonchev–Trinajstić information content (AvgIpc) is 2.76. The predicted octanol–water partition coefficient (Wildman–Crippen LogP) is 3.60. The van der Waals surface area contributed by atoms with Gasteiger partial charge in [-0.3, -0.25) is 4.98 Å². The van der Waals surface area contributed by atoms with E-state index in [1.807, 2.05) is 36.9 Å². The minimum Gasteiger partial charge on any atom is -0.334 e. The lowest BCUT2D eigenvalue weighted by Gasteiger charge is -2.08. The van der Waals surface area contributed by atoms with Gasteiger partial charge in [0, 0.05) is 29.2 Å². The van der Waals surface area contributed by atoms with E-state index in [1.165, 1.54) is 0 Å². The van der Waals surface area contributed by atoms with Gasteiger partial charge in [-0.1, -0.05) is 11.6 Å². The zero-order valence-corrected chi connectivity index (χ0v) is 10.9. The Balaban J connectivity index is 2.37. The third-order valence-corrected chi connectivity index (χ3v) is 3.52. The number of aromatic nitrogens is 3. The van der Waals surface area contributed by atoms with Crippen LogP contribution in [0.3, 0.4) is 0 Å². The van der Waals surface area contributed by atoms with E-state index < -0.39 is 0 Å². The van der Waals surface area contributed by atoms with Crippen LogP contribution in [-0.4, -0.2) is 14.5 Å². The number of hydrogen-bond donors (Lipinski definition) is 0. The molecule has 0 fully saturated rings. The fraction of sp³-hybridized carbons (Fsp3) is 0.143. The van der Waals surface area contributed by atoms with E-state index in [0.717, 1.165) is 32.7 Å². The van der Waals surface area contributed by atoms with Gasteiger partial charge in [-0.2, -0.15) is 0 Å². The summed E-state index contributed by atoms with van der Waals surface area (Å²) in [5, 5.41) is 1.85. The van der Waals surface area contributed by atoms with Gasteiger partial charge in [0.2, 0.25) is 0 Å². The van der Waals surface area contributed by atoms with Gasteiger partial charge in [0.25, 0.3) is 0 Å². The van der Waals surface area contributed by atoms with Crippen molar-refractivity contribution in [2.24, 2.45) is 7.05 Å². The van der Waals surface area contributed by atoms with Gasteiger partial charge in [-0.25, -0.2) is 4.98 Å². The van der Waals surface area contributed by atoms with Crippen molar-refractivity contribution in [3.05, 3.63) is 47.5 Å². The number of pyridine rings is 1. The minimum absolute atomic E-state index is 0.747. The van der Waals surface area contributed by atoms with Crippen LogP contribution in [0, 0.1) is 6.92 Å². The van der Waals surface area contributed by atoms with E-state index in [2.05, 4.69) is 16.0 Å². The van der Waals surface area contributed by atoms with E-state index >= 15 is 0 Å². The molecule has 0 amide bonds. The zero-order chi connectivity index (χ0) is 12.7. The Morgan fingerprint density at radius 2 is 2.11 bits per heavy atom. The van der Waals surface area contributed by atoms with Gasteiger partial charge < -0.3 is 4.57 Å². The maximum atomic E-state index is 6.14. The molecule has 2 heterocycles. The van der Waals surface area contributed by atoms with Crippen molar-refractivity contribution in [3.8, 4) is 11.3 Å². The molecule has 3 nitrogen and oxygen atoms in total. The van der Waals surface area contributed by atoms with Crippen LogP contribution < -0.4 is 0 Å². The molecule has 0 N–H and O–H groups in total. The number of aryl methyl sites for hydroxylation is 2. The maximum Gasteiger partial charge on any atom is 0.0948 e. The summed E-state index contributed by atoms with van der Waals surface area (Å²) in [5.74, 6) is 0. The van der Waals surface area contributed by atoms with Crippen LogP contribution in [0.2, 0.25) is 5.02 Å². The molecule has 18 heavy (non-hydrogen) atoms. The highest BCUT2D eigenvalue weighted by atomic mass is 35.5. The van der Waals surface area contributed by atoms with Crippen LogP contribution in [0.1, 0.15) is 5.56 Å². The number of imidazole rings is 1. The molecule has 0 aliphatic rings.